The van der Waals surface area contributed by atoms with Gasteiger partial charge in [-0.15, -0.1) is 0 Å². The van der Waals surface area contributed by atoms with Crippen LogP contribution in [0.4, 0.5) is 0 Å². The predicted octanol–water partition coefficient (Wildman–Crippen LogP) is 0.766. The lowest BCUT2D eigenvalue weighted by atomic mass is 10.3. The normalized spacial score (nSPS) is 11.3. The second-order valence-corrected chi connectivity index (χ2v) is 2.27. The van der Waals surface area contributed by atoms with Crippen LogP contribution in [0.5, 0.6) is 0 Å². The van der Waals surface area contributed by atoms with Crippen molar-refractivity contribution in [3.63, 3.8) is 0 Å². The third-order valence-electron chi connectivity index (χ3n) is 1.58. The second-order valence-electron chi connectivity index (χ2n) is 2.27. The number of H-pyrrole nitrogens is 1. The van der Waals surface area contributed by atoms with Gasteiger partial charge in [-0.25, -0.2) is 9.97 Å². The first-order chi connectivity index (χ1) is 5.92. The van der Waals surface area contributed by atoms with Gasteiger partial charge in [-0.05, 0) is 0 Å². The molecule has 60 valence electrons. The number of nitrogens with zero attached hydrogens (tertiary/aromatic N) is 3. The smallest absolute Gasteiger partial charge is 0.141 e. The van der Waals surface area contributed by atoms with Crippen LogP contribution < -0.4 is 0 Å². The number of fused-ring (bicyclic) bond motifs is 1. The fraction of sp³-hybridized carbons (Fsp3) is 0. The molecule has 0 aliphatic rings. The number of hydrogen-bond acceptors (Lipinski definition) is 4. The monoisotopic (exact) mass is 162 g/mol. The van der Waals surface area contributed by atoms with Crippen molar-refractivity contribution in [2.45, 2.75) is 0 Å². The molecule has 0 aromatic carbocycles. The minimum Gasteiger partial charge on any atom is -0.411 e. The van der Waals surface area contributed by atoms with Crippen LogP contribution in [0.1, 0.15) is 5.56 Å². The van der Waals surface area contributed by atoms with E-state index in [1.54, 1.807) is 12.4 Å². The average Bonchev–Trinajstić information content (AvgIpc) is 2.50. The van der Waals surface area contributed by atoms with Crippen molar-refractivity contribution in [3.8, 4) is 0 Å². The van der Waals surface area contributed by atoms with Gasteiger partial charge in [0.05, 0.1) is 6.21 Å². The number of aromatic amines is 1. The zero-order valence-corrected chi connectivity index (χ0v) is 6.10. The van der Waals surface area contributed by atoms with Gasteiger partial charge in [0, 0.05) is 23.3 Å². The molecule has 12 heavy (non-hydrogen) atoms. The first kappa shape index (κ1) is 6.78. The Balaban J connectivity index is 2.70. The van der Waals surface area contributed by atoms with Gasteiger partial charge in [0.2, 0.25) is 0 Å². The highest BCUT2D eigenvalue weighted by Gasteiger charge is 2.00. The van der Waals surface area contributed by atoms with Gasteiger partial charge in [-0.2, -0.15) is 0 Å². The molecule has 2 N–H and O–H groups in total. The molecule has 0 radical (unpaired) electrons. The SMILES string of the molecule is ON=Cc1c[nH]c2ncncc12. The number of hydrogen-bond donors (Lipinski definition) is 2. The van der Waals surface area contributed by atoms with E-state index in [-0.39, 0.29) is 0 Å². The summed E-state index contributed by atoms with van der Waals surface area (Å²) in [4.78, 5) is 10.7. The highest BCUT2D eigenvalue weighted by Crippen LogP contribution is 2.11. The third-order valence-corrected chi connectivity index (χ3v) is 1.58. The molecule has 0 fully saturated rings. The first-order valence-corrected chi connectivity index (χ1v) is 3.36. The molecule has 2 heterocycles. The Labute approximate surface area is 67.8 Å². The van der Waals surface area contributed by atoms with Crippen molar-refractivity contribution in [2.24, 2.45) is 5.16 Å². The van der Waals surface area contributed by atoms with Crippen LogP contribution in [0, 0.1) is 0 Å². The van der Waals surface area contributed by atoms with Crippen LogP contribution in [0.25, 0.3) is 11.0 Å². The molecule has 5 heteroatoms. The topological polar surface area (TPSA) is 74.2 Å². The second kappa shape index (κ2) is 2.61. The minimum atomic E-state index is 0.736. The summed E-state index contributed by atoms with van der Waals surface area (Å²) < 4.78 is 0. The molecule has 2 rings (SSSR count). The van der Waals surface area contributed by atoms with E-state index < -0.39 is 0 Å². The summed E-state index contributed by atoms with van der Waals surface area (Å²) in [6, 6.07) is 0. The average molecular weight is 162 g/mol. The van der Waals surface area contributed by atoms with Crippen molar-refractivity contribution >= 4 is 17.2 Å². The van der Waals surface area contributed by atoms with Crippen LogP contribution in [0.15, 0.2) is 23.9 Å². The van der Waals surface area contributed by atoms with E-state index in [9.17, 15) is 0 Å². The van der Waals surface area contributed by atoms with Crippen molar-refractivity contribution in [2.75, 3.05) is 0 Å². The van der Waals surface area contributed by atoms with Gasteiger partial charge in [0.15, 0.2) is 0 Å². The van der Waals surface area contributed by atoms with E-state index in [2.05, 4.69) is 20.1 Å². The lowest BCUT2D eigenvalue weighted by Gasteiger charge is -1.86. The number of rotatable bonds is 1. The Bertz CT molecular complexity index is 420. The maximum absolute atomic E-state index is 8.31. The van der Waals surface area contributed by atoms with Crippen LogP contribution >= 0.6 is 0 Å². The van der Waals surface area contributed by atoms with E-state index in [0.717, 1.165) is 16.6 Å². The summed E-state index contributed by atoms with van der Waals surface area (Å²) in [6.07, 6.45) is 6.16. The fourth-order valence-corrected chi connectivity index (χ4v) is 1.05. The van der Waals surface area contributed by atoms with Crippen LogP contribution in [-0.4, -0.2) is 26.4 Å². The maximum Gasteiger partial charge on any atom is 0.141 e. The Morgan fingerprint density at radius 1 is 1.58 bits per heavy atom. The summed E-state index contributed by atoms with van der Waals surface area (Å²) in [5, 5.41) is 12.1. The van der Waals surface area contributed by atoms with Gasteiger partial charge in [0.1, 0.15) is 12.0 Å². The molecule has 0 saturated carbocycles. The van der Waals surface area contributed by atoms with Gasteiger partial charge in [-0.1, -0.05) is 5.16 Å². The summed E-state index contributed by atoms with van der Waals surface area (Å²) in [5.41, 5.74) is 1.51. The standard InChI is InChI=1S/C7H6N4O/c12-11-2-5-1-9-7-6(5)3-8-4-10-7/h1-4,12H,(H,8,9,10). The molecule has 0 spiro atoms. The first-order valence-electron chi connectivity index (χ1n) is 3.36. The number of oxime groups is 1. The van der Waals surface area contributed by atoms with E-state index >= 15 is 0 Å². The van der Waals surface area contributed by atoms with Crippen molar-refractivity contribution in [3.05, 3.63) is 24.3 Å². The summed E-state index contributed by atoms with van der Waals surface area (Å²) in [6.45, 7) is 0. The predicted molar refractivity (Wildman–Crippen MR) is 43.3 cm³/mol. The van der Waals surface area contributed by atoms with Gasteiger partial charge < -0.3 is 10.2 Å². The lowest BCUT2D eigenvalue weighted by Crippen LogP contribution is -1.80. The summed E-state index contributed by atoms with van der Waals surface area (Å²) >= 11 is 0. The van der Waals surface area contributed by atoms with Crippen LogP contribution in [0.2, 0.25) is 0 Å². The molecule has 0 amide bonds. The van der Waals surface area contributed by atoms with Crippen LogP contribution in [0.3, 0.4) is 0 Å². The van der Waals surface area contributed by atoms with Gasteiger partial charge in [-0.3, -0.25) is 0 Å². The zero-order chi connectivity index (χ0) is 8.39. The zero-order valence-electron chi connectivity index (χ0n) is 6.10. The number of aromatic nitrogens is 3. The van der Waals surface area contributed by atoms with E-state index in [1.165, 1.54) is 12.5 Å². The molecule has 0 bridgehead atoms. The lowest BCUT2D eigenvalue weighted by molar-refractivity contribution is 0.322. The molecule has 2 aromatic rings. The molecule has 0 saturated heterocycles. The van der Waals surface area contributed by atoms with Gasteiger partial charge in [0.25, 0.3) is 0 Å². The van der Waals surface area contributed by atoms with Crippen molar-refractivity contribution < 1.29 is 5.21 Å². The minimum absolute atomic E-state index is 0.736. The van der Waals surface area contributed by atoms with Crippen molar-refractivity contribution in [1.82, 2.24) is 15.0 Å². The Morgan fingerprint density at radius 3 is 3.33 bits per heavy atom. The van der Waals surface area contributed by atoms with E-state index in [4.69, 9.17) is 5.21 Å². The Kier molecular flexibility index (Phi) is 1.48. The van der Waals surface area contributed by atoms with E-state index in [0.29, 0.717) is 0 Å². The molecular formula is C7H6N4O. The highest BCUT2D eigenvalue weighted by atomic mass is 16.4. The molecule has 2 aromatic heterocycles. The Hall–Kier alpha value is -1.91. The number of nitrogens with one attached hydrogen (secondary N) is 1. The quantitative estimate of drug-likeness (QED) is 0.369. The molecule has 0 unspecified atom stereocenters. The molecular weight excluding hydrogens is 156 g/mol. The molecule has 0 aliphatic carbocycles. The Morgan fingerprint density at radius 2 is 2.50 bits per heavy atom. The van der Waals surface area contributed by atoms with E-state index in [1.807, 2.05) is 0 Å². The largest absolute Gasteiger partial charge is 0.411 e. The van der Waals surface area contributed by atoms with Crippen molar-refractivity contribution in [1.29, 1.82) is 0 Å². The highest BCUT2D eigenvalue weighted by molar-refractivity contribution is 5.96. The summed E-state index contributed by atoms with van der Waals surface area (Å²) in [5.74, 6) is 0. The fourth-order valence-electron chi connectivity index (χ4n) is 1.05. The summed E-state index contributed by atoms with van der Waals surface area (Å²) in [7, 11) is 0. The maximum atomic E-state index is 8.31. The van der Waals surface area contributed by atoms with Gasteiger partial charge >= 0.3 is 0 Å². The van der Waals surface area contributed by atoms with Crippen LogP contribution in [-0.2, 0) is 0 Å². The molecule has 0 aliphatic heterocycles. The molecule has 0 atom stereocenters. The molecule has 5 nitrogen and oxygen atoms in total. The third kappa shape index (κ3) is 0.914.